The van der Waals surface area contributed by atoms with Crippen molar-refractivity contribution < 1.29 is 22.7 Å². The zero-order valence-electron chi connectivity index (χ0n) is 18.8. The number of hydrogen-bond donors (Lipinski definition) is 3. The van der Waals surface area contributed by atoms with Crippen molar-refractivity contribution in [2.75, 3.05) is 31.6 Å². The van der Waals surface area contributed by atoms with Crippen LogP contribution in [0.1, 0.15) is 31.5 Å². The number of carbonyl (C=O) groups excluding carboxylic acids is 1. The predicted molar refractivity (Wildman–Crippen MR) is 121 cm³/mol. The normalized spacial score (nSPS) is 14.9. The monoisotopic (exact) mass is 480 g/mol. The lowest BCUT2D eigenvalue weighted by molar-refractivity contribution is -0.116. The Hall–Kier alpha value is -2.96. The number of nitrogens with zero attached hydrogens (tertiary/aromatic N) is 1. The summed E-state index contributed by atoms with van der Waals surface area (Å²) in [6.45, 7) is 6.35. The van der Waals surface area contributed by atoms with Crippen molar-refractivity contribution in [3.8, 4) is 5.75 Å². The Balaban J connectivity index is 1.82. The number of aromatic nitrogens is 2. The molecule has 2 aromatic rings. The first-order valence-corrected chi connectivity index (χ1v) is 12.0. The summed E-state index contributed by atoms with van der Waals surface area (Å²) in [6, 6.07) is 4.33. The van der Waals surface area contributed by atoms with Crippen molar-refractivity contribution in [3.63, 3.8) is 0 Å². The van der Waals surface area contributed by atoms with Gasteiger partial charge in [0.1, 0.15) is 5.75 Å². The lowest BCUT2D eigenvalue weighted by atomic mass is 10.1. The van der Waals surface area contributed by atoms with Gasteiger partial charge in [-0.15, -0.1) is 0 Å². The van der Waals surface area contributed by atoms with Gasteiger partial charge in [-0.1, -0.05) is 0 Å². The fourth-order valence-electron chi connectivity index (χ4n) is 3.44. The first-order chi connectivity index (χ1) is 15.6. The second-order valence-corrected chi connectivity index (χ2v) is 9.84. The third kappa shape index (κ3) is 6.09. The van der Waals surface area contributed by atoms with E-state index in [0.717, 1.165) is 0 Å². The fourth-order valence-corrected chi connectivity index (χ4v) is 4.87. The first-order valence-electron chi connectivity index (χ1n) is 10.6. The van der Waals surface area contributed by atoms with Crippen LogP contribution in [0, 0.1) is 6.92 Å². The van der Waals surface area contributed by atoms with Crippen LogP contribution in [-0.4, -0.2) is 61.0 Å². The number of sulfonamides is 1. The molecule has 33 heavy (non-hydrogen) atoms. The number of morpholine rings is 1. The van der Waals surface area contributed by atoms with Gasteiger partial charge in [-0.2, -0.15) is 4.31 Å². The van der Waals surface area contributed by atoms with Gasteiger partial charge >= 0.3 is 5.69 Å². The quantitative estimate of drug-likeness (QED) is 0.504. The van der Waals surface area contributed by atoms with E-state index in [1.165, 1.54) is 22.5 Å². The maximum atomic E-state index is 13.0. The molecule has 0 unspecified atom stereocenters. The highest BCUT2D eigenvalue weighted by Crippen LogP contribution is 2.30. The van der Waals surface area contributed by atoms with Crippen molar-refractivity contribution in [2.45, 2.75) is 44.6 Å². The van der Waals surface area contributed by atoms with Gasteiger partial charge < -0.3 is 19.8 Å². The molecule has 2 heterocycles. The molecule has 0 aliphatic carbocycles. The molecular weight excluding hydrogens is 452 g/mol. The Morgan fingerprint density at radius 1 is 1.21 bits per heavy atom. The van der Waals surface area contributed by atoms with Crippen LogP contribution in [0.25, 0.3) is 0 Å². The van der Waals surface area contributed by atoms with Crippen LogP contribution < -0.4 is 21.3 Å². The van der Waals surface area contributed by atoms with E-state index in [4.69, 9.17) is 9.47 Å². The van der Waals surface area contributed by atoms with Crippen LogP contribution in [-0.2, 0) is 26.0 Å². The molecule has 0 saturated carbocycles. The topological polar surface area (TPSA) is 151 Å². The minimum atomic E-state index is -3.77. The van der Waals surface area contributed by atoms with Crippen LogP contribution in [0.3, 0.4) is 0 Å². The largest absolute Gasteiger partial charge is 0.489 e. The zero-order valence-corrected chi connectivity index (χ0v) is 19.6. The molecule has 1 aliphatic rings. The summed E-state index contributed by atoms with van der Waals surface area (Å²) in [5.74, 6) is -0.105. The molecule has 1 fully saturated rings. The van der Waals surface area contributed by atoms with Gasteiger partial charge in [0, 0.05) is 30.8 Å². The third-order valence-corrected chi connectivity index (χ3v) is 6.95. The molecule has 1 aromatic carbocycles. The molecule has 0 bridgehead atoms. The van der Waals surface area contributed by atoms with Gasteiger partial charge in [-0.25, -0.2) is 13.2 Å². The lowest BCUT2D eigenvalue weighted by Gasteiger charge is -2.26. The minimum Gasteiger partial charge on any atom is -0.489 e. The van der Waals surface area contributed by atoms with Crippen molar-refractivity contribution in [1.29, 1.82) is 0 Å². The summed E-state index contributed by atoms with van der Waals surface area (Å²) >= 11 is 0. The number of aromatic amines is 2. The number of hydrogen-bond acceptors (Lipinski definition) is 7. The zero-order chi connectivity index (χ0) is 24.2. The van der Waals surface area contributed by atoms with Crippen LogP contribution in [0.15, 0.2) is 32.7 Å². The molecule has 0 atom stereocenters. The number of ether oxygens (including phenoxy) is 2. The van der Waals surface area contributed by atoms with E-state index in [2.05, 4.69) is 15.3 Å². The smallest absolute Gasteiger partial charge is 0.325 e. The fraction of sp³-hybridized carbons (Fsp3) is 0.476. The minimum absolute atomic E-state index is 0.0312. The second kappa shape index (κ2) is 10.3. The molecule has 11 nitrogen and oxygen atoms in total. The average molecular weight is 481 g/mol. The predicted octanol–water partition coefficient (Wildman–Crippen LogP) is 0.751. The number of anilines is 1. The van der Waals surface area contributed by atoms with E-state index in [1.807, 2.05) is 13.8 Å². The maximum Gasteiger partial charge on any atom is 0.325 e. The molecule has 3 N–H and O–H groups in total. The summed E-state index contributed by atoms with van der Waals surface area (Å²) < 4.78 is 38.3. The third-order valence-electron chi connectivity index (χ3n) is 5.05. The molecule has 3 rings (SSSR count). The second-order valence-electron chi connectivity index (χ2n) is 7.90. The van der Waals surface area contributed by atoms with Gasteiger partial charge in [0.05, 0.1) is 29.9 Å². The van der Waals surface area contributed by atoms with Crippen molar-refractivity contribution in [2.24, 2.45) is 0 Å². The molecule has 0 radical (unpaired) electrons. The highest BCUT2D eigenvalue weighted by atomic mass is 32.2. The Morgan fingerprint density at radius 2 is 1.91 bits per heavy atom. The molecular formula is C21H28N4O7S. The molecule has 1 saturated heterocycles. The summed E-state index contributed by atoms with van der Waals surface area (Å²) in [4.78, 5) is 40.7. The highest BCUT2D eigenvalue weighted by Gasteiger charge is 2.27. The summed E-state index contributed by atoms with van der Waals surface area (Å²) in [5.41, 5.74) is -0.257. The van der Waals surface area contributed by atoms with E-state index >= 15 is 0 Å². The first kappa shape index (κ1) is 24.7. The molecule has 1 amide bonds. The number of nitrogens with one attached hydrogen (secondary N) is 3. The Kier molecular flexibility index (Phi) is 7.72. The summed E-state index contributed by atoms with van der Waals surface area (Å²) in [6.07, 6.45) is -0.169. The van der Waals surface area contributed by atoms with Gasteiger partial charge in [0.2, 0.25) is 15.9 Å². The van der Waals surface area contributed by atoms with Gasteiger partial charge in [0.25, 0.3) is 5.56 Å². The van der Waals surface area contributed by atoms with E-state index < -0.39 is 27.2 Å². The standard InChI is InChI=1S/C21H28N4O7S/c1-13(2)32-18-6-4-15(33(29,30)25-8-10-31-11-9-25)12-17(18)23-19(26)7-5-16-14(3)22-21(28)24-20(16)27/h4,6,12-13H,5,7-11H2,1-3H3,(H,23,26)(H2,22,24,27,28). The highest BCUT2D eigenvalue weighted by molar-refractivity contribution is 7.89. The maximum absolute atomic E-state index is 13.0. The summed E-state index contributed by atoms with van der Waals surface area (Å²) in [5, 5.41) is 2.70. The van der Waals surface area contributed by atoms with E-state index in [1.54, 1.807) is 6.92 Å². The van der Waals surface area contributed by atoms with E-state index in [9.17, 15) is 22.8 Å². The molecule has 1 aliphatic heterocycles. The number of benzene rings is 1. The van der Waals surface area contributed by atoms with E-state index in [-0.39, 0.29) is 42.6 Å². The molecule has 12 heteroatoms. The van der Waals surface area contributed by atoms with Gasteiger partial charge in [-0.05, 0) is 45.4 Å². The summed E-state index contributed by atoms with van der Waals surface area (Å²) in [7, 11) is -3.77. The molecule has 1 aromatic heterocycles. The van der Waals surface area contributed by atoms with Crippen LogP contribution in [0.2, 0.25) is 0 Å². The Bertz CT molecular complexity index is 1230. The lowest BCUT2D eigenvalue weighted by Crippen LogP contribution is -2.40. The number of H-pyrrole nitrogens is 2. The number of amides is 1. The van der Waals surface area contributed by atoms with Crippen LogP contribution in [0.5, 0.6) is 5.75 Å². The Morgan fingerprint density at radius 3 is 2.55 bits per heavy atom. The number of carbonyl (C=O) groups is 1. The van der Waals surface area contributed by atoms with Gasteiger partial charge in [0.15, 0.2) is 0 Å². The molecule has 180 valence electrons. The van der Waals surface area contributed by atoms with Crippen molar-refractivity contribution in [1.82, 2.24) is 14.3 Å². The van der Waals surface area contributed by atoms with Gasteiger partial charge in [-0.3, -0.25) is 14.6 Å². The SMILES string of the molecule is Cc1[nH]c(=O)[nH]c(=O)c1CCC(=O)Nc1cc(S(=O)(=O)N2CCOCC2)ccc1OC(C)C. The number of aryl methyl sites for hydroxylation is 1. The Labute approximate surface area is 191 Å². The molecule has 0 spiro atoms. The van der Waals surface area contributed by atoms with Crippen LogP contribution in [0.4, 0.5) is 5.69 Å². The van der Waals surface area contributed by atoms with Crippen LogP contribution >= 0.6 is 0 Å². The van der Waals surface area contributed by atoms with E-state index in [0.29, 0.717) is 30.2 Å². The van der Waals surface area contributed by atoms with Crippen molar-refractivity contribution in [3.05, 3.63) is 50.3 Å². The average Bonchev–Trinajstić information content (AvgIpc) is 2.74. The van der Waals surface area contributed by atoms with Crippen molar-refractivity contribution >= 4 is 21.6 Å². The number of rotatable bonds is 8.